The zero-order valence-electron chi connectivity index (χ0n) is 9.84. The van der Waals surface area contributed by atoms with Crippen molar-refractivity contribution in [3.63, 3.8) is 0 Å². The largest absolute Gasteiger partial charge is 0.480 e. The molecule has 96 valence electrons. The average Bonchev–Trinajstić information content (AvgIpc) is 2.28. The quantitative estimate of drug-likeness (QED) is 0.683. The normalized spacial score (nSPS) is 11.6. The summed E-state index contributed by atoms with van der Waals surface area (Å²) in [5, 5.41) is 11.1. The van der Waals surface area contributed by atoms with Crippen LogP contribution in [0.15, 0.2) is 24.3 Å². The molecule has 0 heterocycles. The zero-order chi connectivity index (χ0) is 13.7. The number of carboxylic acid groups (broad SMARTS) is 1. The summed E-state index contributed by atoms with van der Waals surface area (Å²) in [6.07, 6.45) is 0.408. The Morgan fingerprint density at radius 1 is 1.50 bits per heavy atom. The Morgan fingerprint density at radius 3 is 2.72 bits per heavy atom. The van der Waals surface area contributed by atoms with Crippen LogP contribution in [0.3, 0.4) is 0 Å². The predicted molar refractivity (Wildman–Crippen MR) is 71.5 cm³/mol. The monoisotopic (exact) mass is 266 g/mol. The number of benzene rings is 1. The molecule has 0 spiro atoms. The molecule has 1 aromatic carbocycles. The summed E-state index contributed by atoms with van der Waals surface area (Å²) in [5.74, 6) is -1.52. The third-order valence-corrected chi connectivity index (χ3v) is 2.43. The van der Waals surface area contributed by atoms with Gasteiger partial charge in [0.15, 0.2) is 0 Å². The maximum absolute atomic E-state index is 11.8. The number of carbonyl (C=O) groups is 2. The Balaban J connectivity index is 2.80. The summed E-state index contributed by atoms with van der Waals surface area (Å²) in [5.41, 5.74) is 6.63. The number of hydrogen-bond acceptors (Lipinski definition) is 3. The van der Waals surface area contributed by atoms with Crippen molar-refractivity contribution in [2.24, 2.45) is 5.73 Å². The standard InChI is InChI=1S/C12H14N2O3S/c1-7(12(16)17)14-11(15)9-4-2-3-8(5-9)6-10(13)18/h2-5,7H,6H2,1H3,(H2,13,18)(H,14,15)(H,16,17). The lowest BCUT2D eigenvalue weighted by atomic mass is 10.1. The van der Waals surface area contributed by atoms with Gasteiger partial charge in [-0.2, -0.15) is 0 Å². The molecule has 5 nitrogen and oxygen atoms in total. The lowest BCUT2D eigenvalue weighted by Crippen LogP contribution is -2.38. The van der Waals surface area contributed by atoms with E-state index in [0.717, 1.165) is 5.56 Å². The fourth-order valence-corrected chi connectivity index (χ4v) is 1.53. The highest BCUT2D eigenvalue weighted by Gasteiger charge is 2.15. The second-order valence-corrected chi connectivity index (χ2v) is 4.40. The Kier molecular flexibility index (Phi) is 4.79. The van der Waals surface area contributed by atoms with Crippen molar-refractivity contribution in [3.05, 3.63) is 35.4 Å². The topological polar surface area (TPSA) is 92.4 Å². The van der Waals surface area contributed by atoms with E-state index in [9.17, 15) is 9.59 Å². The van der Waals surface area contributed by atoms with E-state index >= 15 is 0 Å². The van der Waals surface area contributed by atoms with Crippen molar-refractivity contribution in [1.29, 1.82) is 0 Å². The molecule has 0 fully saturated rings. The van der Waals surface area contributed by atoms with Gasteiger partial charge in [0.05, 0.1) is 4.99 Å². The first kappa shape index (κ1) is 14.1. The van der Waals surface area contributed by atoms with E-state index in [1.807, 2.05) is 0 Å². The number of thiocarbonyl (C=S) groups is 1. The van der Waals surface area contributed by atoms with Crippen molar-refractivity contribution in [1.82, 2.24) is 5.32 Å². The fraction of sp³-hybridized carbons (Fsp3) is 0.250. The second-order valence-electron chi connectivity index (χ2n) is 3.88. The van der Waals surface area contributed by atoms with Gasteiger partial charge in [0.1, 0.15) is 6.04 Å². The Hall–Kier alpha value is -1.95. The minimum absolute atomic E-state index is 0.339. The Labute approximate surface area is 110 Å². The van der Waals surface area contributed by atoms with Crippen LogP contribution in [0.4, 0.5) is 0 Å². The molecule has 1 unspecified atom stereocenters. The van der Waals surface area contributed by atoms with E-state index in [0.29, 0.717) is 17.0 Å². The summed E-state index contributed by atoms with van der Waals surface area (Å²) >= 11 is 4.79. The number of nitrogens with one attached hydrogen (secondary N) is 1. The van der Waals surface area contributed by atoms with Crippen LogP contribution < -0.4 is 11.1 Å². The average molecular weight is 266 g/mol. The predicted octanol–water partition coefficient (Wildman–Crippen LogP) is 0.718. The van der Waals surface area contributed by atoms with Crippen LogP contribution in [-0.2, 0) is 11.2 Å². The highest BCUT2D eigenvalue weighted by molar-refractivity contribution is 7.80. The molecule has 4 N–H and O–H groups in total. The molecular weight excluding hydrogens is 252 g/mol. The van der Waals surface area contributed by atoms with Crippen LogP contribution in [0.25, 0.3) is 0 Å². The highest BCUT2D eigenvalue weighted by atomic mass is 32.1. The van der Waals surface area contributed by atoms with E-state index < -0.39 is 17.9 Å². The van der Waals surface area contributed by atoms with E-state index in [1.54, 1.807) is 24.3 Å². The van der Waals surface area contributed by atoms with Gasteiger partial charge < -0.3 is 16.2 Å². The number of carbonyl (C=O) groups excluding carboxylic acids is 1. The van der Waals surface area contributed by atoms with Gasteiger partial charge in [-0.15, -0.1) is 0 Å². The number of rotatable bonds is 5. The first-order valence-electron chi connectivity index (χ1n) is 5.31. The molecule has 6 heteroatoms. The SMILES string of the molecule is CC(NC(=O)c1cccc(CC(N)=S)c1)C(=O)O. The smallest absolute Gasteiger partial charge is 0.325 e. The van der Waals surface area contributed by atoms with E-state index in [1.165, 1.54) is 6.92 Å². The molecule has 1 rings (SSSR count). The van der Waals surface area contributed by atoms with Crippen LogP contribution in [0.2, 0.25) is 0 Å². The molecule has 0 saturated carbocycles. The van der Waals surface area contributed by atoms with Crippen molar-refractivity contribution in [2.45, 2.75) is 19.4 Å². The van der Waals surface area contributed by atoms with Gasteiger partial charge in [-0.3, -0.25) is 9.59 Å². The molecule has 0 aliphatic rings. The number of carboxylic acids is 1. The number of nitrogens with two attached hydrogens (primary N) is 1. The molecule has 0 aliphatic carbocycles. The molecule has 0 saturated heterocycles. The number of aliphatic carboxylic acids is 1. The van der Waals surface area contributed by atoms with Crippen molar-refractivity contribution < 1.29 is 14.7 Å². The molecule has 0 radical (unpaired) electrons. The van der Waals surface area contributed by atoms with Crippen molar-refractivity contribution >= 4 is 29.1 Å². The Bertz CT molecular complexity index is 488. The number of hydrogen-bond donors (Lipinski definition) is 3. The summed E-state index contributed by atoms with van der Waals surface area (Å²) in [4.78, 5) is 22.7. The van der Waals surface area contributed by atoms with Gasteiger partial charge in [-0.05, 0) is 24.6 Å². The van der Waals surface area contributed by atoms with Gasteiger partial charge in [0.2, 0.25) is 0 Å². The van der Waals surface area contributed by atoms with Crippen molar-refractivity contribution in [2.75, 3.05) is 0 Å². The molecular formula is C12H14N2O3S. The van der Waals surface area contributed by atoms with Crippen LogP contribution in [0, 0.1) is 0 Å². The lowest BCUT2D eigenvalue weighted by molar-refractivity contribution is -0.138. The minimum atomic E-state index is -1.08. The van der Waals surface area contributed by atoms with Gasteiger partial charge in [0.25, 0.3) is 5.91 Å². The molecule has 1 atom stereocenters. The Morgan fingerprint density at radius 2 is 2.17 bits per heavy atom. The molecule has 18 heavy (non-hydrogen) atoms. The maximum atomic E-state index is 11.8. The van der Waals surface area contributed by atoms with Gasteiger partial charge in [-0.1, -0.05) is 24.4 Å². The summed E-state index contributed by atoms with van der Waals surface area (Å²) in [6, 6.07) is 5.82. The van der Waals surface area contributed by atoms with Gasteiger partial charge >= 0.3 is 5.97 Å². The van der Waals surface area contributed by atoms with E-state index in [4.69, 9.17) is 23.1 Å². The van der Waals surface area contributed by atoms with Crippen molar-refractivity contribution in [3.8, 4) is 0 Å². The summed E-state index contributed by atoms with van der Waals surface area (Å²) in [6.45, 7) is 1.40. The lowest BCUT2D eigenvalue weighted by Gasteiger charge is -2.10. The third kappa shape index (κ3) is 4.14. The number of amides is 1. The van der Waals surface area contributed by atoms with E-state index in [2.05, 4.69) is 5.32 Å². The van der Waals surface area contributed by atoms with Gasteiger partial charge in [-0.25, -0.2) is 0 Å². The van der Waals surface area contributed by atoms with Crippen LogP contribution in [0.5, 0.6) is 0 Å². The molecule has 1 aromatic rings. The second kappa shape index (κ2) is 6.11. The fourth-order valence-electron chi connectivity index (χ4n) is 1.37. The molecule has 1 amide bonds. The first-order chi connectivity index (χ1) is 8.40. The first-order valence-corrected chi connectivity index (χ1v) is 5.72. The molecule has 0 aliphatic heterocycles. The maximum Gasteiger partial charge on any atom is 0.325 e. The highest BCUT2D eigenvalue weighted by Crippen LogP contribution is 2.06. The zero-order valence-corrected chi connectivity index (χ0v) is 10.7. The van der Waals surface area contributed by atoms with E-state index in [-0.39, 0.29) is 0 Å². The summed E-state index contributed by atoms with van der Waals surface area (Å²) < 4.78 is 0. The van der Waals surface area contributed by atoms with Crippen LogP contribution >= 0.6 is 12.2 Å². The van der Waals surface area contributed by atoms with Crippen LogP contribution in [0.1, 0.15) is 22.8 Å². The summed E-state index contributed by atoms with van der Waals surface area (Å²) in [7, 11) is 0. The van der Waals surface area contributed by atoms with Gasteiger partial charge in [0, 0.05) is 12.0 Å². The molecule has 0 bridgehead atoms. The minimum Gasteiger partial charge on any atom is -0.480 e. The third-order valence-electron chi connectivity index (χ3n) is 2.29. The molecule has 0 aromatic heterocycles. The van der Waals surface area contributed by atoms with Crippen LogP contribution in [-0.4, -0.2) is 28.0 Å².